The fourth-order valence-electron chi connectivity index (χ4n) is 1.34. The third kappa shape index (κ3) is 3.54. The second kappa shape index (κ2) is 5.04. The second-order valence-electron chi connectivity index (χ2n) is 4.71. The Hall–Kier alpha value is -0.473. The Morgan fingerprint density at radius 3 is 2.53 bits per heavy atom. The van der Waals surface area contributed by atoms with Crippen molar-refractivity contribution < 1.29 is 4.74 Å². The SMILES string of the molecule is CC(C)Oc1cccc([Si](C)(C)CCl)c1. The van der Waals surface area contributed by atoms with E-state index in [2.05, 4.69) is 25.2 Å². The zero-order valence-electron chi connectivity index (χ0n) is 9.88. The summed E-state index contributed by atoms with van der Waals surface area (Å²) in [6.45, 7) is 8.62. The molecule has 0 amide bonds. The van der Waals surface area contributed by atoms with Crippen LogP contribution in [-0.4, -0.2) is 19.7 Å². The van der Waals surface area contributed by atoms with Gasteiger partial charge in [0.05, 0.1) is 14.2 Å². The van der Waals surface area contributed by atoms with Gasteiger partial charge in [-0.2, -0.15) is 0 Å². The van der Waals surface area contributed by atoms with Crippen LogP contribution < -0.4 is 9.92 Å². The van der Waals surface area contributed by atoms with E-state index in [4.69, 9.17) is 16.3 Å². The van der Waals surface area contributed by atoms with Crippen molar-refractivity contribution in [1.29, 1.82) is 0 Å². The Kier molecular flexibility index (Phi) is 4.23. The van der Waals surface area contributed by atoms with E-state index in [0.717, 1.165) is 11.3 Å². The van der Waals surface area contributed by atoms with E-state index in [9.17, 15) is 0 Å². The summed E-state index contributed by atoms with van der Waals surface area (Å²) < 4.78 is 5.67. The normalized spacial score (nSPS) is 11.9. The molecule has 0 aromatic heterocycles. The summed E-state index contributed by atoms with van der Waals surface area (Å²) in [7, 11) is -1.45. The summed E-state index contributed by atoms with van der Waals surface area (Å²) in [6.07, 6.45) is 0.223. The van der Waals surface area contributed by atoms with E-state index in [1.165, 1.54) is 5.19 Å². The first kappa shape index (κ1) is 12.6. The van der Waals surface area contributed by atoms with Crippen molar-refractivity contribution in [3.63, 3.8) is 0 Å². The van der Waals surface area contributed by atoms with Crippen molar-refractivity contribution in [2.75, 3.05) is 5.50 Å². The predicted octanol–water partition coefficient (Wildman–Crippen LogP) is 3.17. The van der Waals surface area contributed by atoms with Gasteiger partial charge in [-0.15, -0.1) is 11.6 Å². The standard InChI is InChI=1S/C12H19ClOSi/c1-10(2)14-11-6-5-7-12(8-11)15(3,4)9-13/h5-8,10H,9H2,1-4H3. The Balaban J connectivity index is 2.92. The molecule has 0 atom stereocenters. The molecule has 0 aliphatic heterocycles. The molecule has 0 aliphatic rings. The lowest BCUT2D eigenvalue weighted by Gasteiger charge is -2.20. The molecular formula is C12H19ClOSi. The molecular weight excluding hydrogens is 224 g/mol. The number of halogens is 1. The van der Waals surface area contributed by atoms with Crippen molar-refractivity contribution in [1.82, 2.24) is 0 Å². The van der Waals surface area contributed by atoms with Crippen LogP contribution in [0, 0.1) is 0 Å². The number of rotatable bonds is 4. The molecule has 0 N–H and O–H groups in total. The van der Waals surface area contributed by atoms with Crippen molar-refractivity contribution in [3.05, 3.63) is 24.3 Å². The summed E-state index contributed by atoms with van der Waals surface area (Å²) >= 11 is 6.01. The first-order valence-electron chi connectivity index (χ1n) is 5.29. The first-order chi connectivity index (χ1) is 6.95. The maximum atomic E-state index is 6.01. The summed E-state index contributed by atoms with van der Waals surface area (Å²) in [5.41, 5.74) is 0.748. The molecule has 0 heterocycles. The molecule has 1 nitrogen and oxygen atoms in total. The second-order valence-corrected chi connectivity index (χ2v) is 10.1. The molecule has 15 heavy (non-hydrogen) atoms. The van der Waals surface area contributed by atoms with E-state index in [-0.39, 0.29) is 6.10 Å². The van der Waals surface area contributed by atoms with E-state index in [0.29, 0.717) is 0 Å². The molecule has 0 saturated carbocycles. The molecule has 0 saturated heterocycles. The van der Waals surface area contributed by atoms with Crippen molar-refractivity contribution in [2.24, 2.45) is 0 Å². The third-order valence-electron chi connectivity index (χ3n) is 2.32. The van der Waals surface area contributed by atoms with Gasteiger partial charge in [0, 0.05) is 5.50 Å². The quantitative estimate of drug-likeness (QED) is 0.582. The molecule has 84 valence electrons. The minimum atomic E-state index is -1.45. The number of alkyl halides is 1. The van der Waals surface area contributed by atoms with Crippen LogP contribution in [0.2, 0.25) is 13.1 Å². The van der Waals surface area contributed by atoms with Gasteiger partial charge in [-0.25, -0.2) is 0 Å². The number of hydrogen-bond donors (Lipinski definition) is 0. The van der Waals surface area contributed by atoms with Crippen LogP contribution in [-0.2, 0) is 0 Å². The molecule has 0 radical (unpaired) electrons. The highest BCUT2D eigenvalue weighted by atomic mass is 35.5. The number of benzene rings is 1. The van der Waals surface area contributed by atoms with Gasteiger partial charge in [-0.3, -0.25) is 0 Å². The van der Waals surface area contributed by atoms with E-state index in [1.54, 1.807) is 0 Å². The highest BCUT2D eigenvalue weighted by molar-refractivity contribution is 6.94. The lowest BCUT2D eigenvalue weighted by atomic mass is 10.3. The molecule has 3 heteroatoms. The predicted molar refractivity (Wildman–Crippen MR) is 70.0 cm³/mol. The Morgan fingerprint density at radius 1 is 1.33 bits per heavy atom. The number of ether oxygens (including phenoxy) is 1. The summed E-state index contributed by atoms with van der Waals surface area (Å²) in [6, 6.07) is 8.34. The summed E-state index contributed by atoms with van der Waals surface area (Å²) in [4.78, 5) is 0. The van der Waals surface area contributed by atoms with E-state index < -0.39 is 8.07 Å². The van der Waals surface area contributed by atoms with Gasteiger partial charge < -0.3 is 4.74 Å². The van der Waals surface area contributed by atoms with Crippen LogP contribution in [0.15, 0.2) is 24.3 Å². The smallest absolute Gasteiger partial charge is 0.119 e. The maximum absolute atomic E-state index is 6.01. The monoisotopic (exact) mass is 242 g/mol. The molecule has 0 aliphatic carbocycles. The molecule has 0 bridgehead atoms. The zero-order chi connectivity index (χ0) is 11.5. The Morgan fingerprint density at radius 2 is 2.00 bits per heavy atom. The minimum absolute atomic E-state index is 0.223. The molecule has 1 aromatic rings. The van der Waals surface area contributed by atoms with Crippen LogP contribution in [0.1, 0.15) is 13.8 Å². The molecule has 0 unspecified atom stereocenters. The van der Waals surface area contributed by atoms with Crippen LogP contribution in [0.4, 0.5) is 0 Å². The Bertz CT molecular complexity index is 323. The maximum Gasteiger partial charge on any atom is 0.119 e. The first-order valence-corrected chi connectivity index (χ1v) is 9.03. The molecule has 1 aromatic carbocycles. The van der Waals surface area contributed by atoms with E-state index in [1.807, 2.05) is 26.0 Å². The average molecular weight is 243 g/mol. The lowest BCUT2D eigenvalue weighted by molar-refractivity contribution is 0.242. The van der Waals surface area contributed by atoms with Crippen LogP contribution >= 0.6 is 11.6 Å². The van der Waals surface area contributed by atoms with Crippen LogP contribution in [0.3, 0.4) is 0 Å². The lowest BCUT2D eigenvalue weighted by Crippen LogP contribution is -2.43. The number of hydrogen-bond acceptors (Lipinski definition) is 1. The largest absolute Gasteiger partial charge is 0.491 e. The third-order valence-corrected chi connectivity index (χ3v) is 6.87. The van der Waals surface area contributed by atoms with Crippen LogP contribution in [0.25, 0.3) is 0 Å². The van der Waals surface area contributed by atoms with Gasteiger partial charge >= 0.3 is 0 Å². The highest BCUT2D eigenvalue weighted by Crippen LogP contribution is 2.13. The summed E-state index contributed by atoms with van der Waals surface area (Å²) in [5, 5.41) is 1.36. The van der Waals surface area contributed by atoms with Crippen molar-refractivity contribution >= 4 is 24.9 Å². The molecule has 0 fully saturated rings. The van der Waals surface area contributed by atoms with Crippen LogP contribution in [0.5, 0.6) is 5.75 Å². The fraction of sp³-hybridized carbons (Fsp3) is 0.500. The van der Waals surface area contributed by atoms with Gasteiger partial charge in [-0.1, -0.05) is 30.4 Å². The highest BCUT2D eigenvalue weighted by Gasteiger charge is 2.22. The van der Waals surface area contributed by atoms with E-state index >= 15 is 0 Å². The van der Waals surface area contributed by atoms with Crippen molar-refractivity contribution in [3.8, 4) is 5.75 Å². The average Bonchev–Trinajstić information content (AvgIpc) is 2.17. The van der Waals surface area contributed by atoms with Gasteiger partial charge in [-0.05, 0) is 26.0 Å². The molecule has 0 spiro atoms. The van der Waals surface area contributed by atoms with Gasteiger partial charge in [0.15, 0.2) is 0 Å². The minimum Gasteiger partial charge on any atom is -0.491 e. The fourth-order valence-corrected chi connectivity index (χ4v) is 3.04. The van der Waals surface area contributed by atoms with Gasteiger partial charge in [0.1, 0.15) is 5.75 Å². The van der Waals surface area contributed by atoms with Gasteiger partial charge in [0.25, 0.3) is 0 Å². The van der Waals surface area contributed by atoms with Crippen molar-refractivity contribution in [2.45, 2.75) is 33.0 Å². The zero-order valence-corrected chi connectivity index (χ0v) is 11.6. The molecule has 1 rings (SSSR count). The summed E-state index contributed by atoms with van der Waals surface area (Å²) in [5.74, 6) is 0.952. The Labute approximate surface area is 98.4 Å². The topological polar surface area (TPSA) is 9.23 Å². The van der Waals surface area contributed by atoms with Gasteiger partial charge in [0.2, 0.25) is 0 Å².